The molecule has 8 heteroatoms. The number of rotatable bonds is 5. The fourth-order valence-corrected chi connectivity index (χ4v) is 5.36. The Morgan fingerprint density at radius 1 is 1.03 bits per heavy atom. The van der Waals surface area contributed by atoms with Gasteiger partial charge in [0.1, 0.15) is 11.4 Å². The molecule has 2 aliphatic heterocycles. The Bertz CT molecular complexity index is 1010. The highest BCUT2D eigenvalue weighted by molar-refractivity contribution is 7.86. The van der Waals surface area contributed by atoms with Gasteiger partial charge in [0.15, 0.2) is 11.5 Å². The van der Waals surface area contributed by atoms with Crippen LogP contribution in [0.25, 0.3) is 0 Å². The van der Waals surface area contributed by atoms with Crippen molar-refractivity contribution in [1.29, 1.82) is 0 Å². The molecule has 2 aliphatic rings. The normalized spacial score (nSPS) is 22.3. The van der Waals surface area contributed by atoms with Crippen LogP contribution < -0.4 is 9.64 Å². The monoisotopic (exact) mass is 429 g/mol. The van der Waals surface area contributed by atoms with E-state index in [0.717, 1.165) is 22.9 Å². The second-order valence-corrected chi connectivity index (χ2v) is 9.49. The van der Waals surface area contributed by atoms with Crippen molar-refractivity contribution in [1.82, 2.24) is 9.80 Å². The van der Waals surface area contributed by atoms with Gasteiger partial charge in [-0.3, -0.25) is 9.45 Å². The first-order valence-electron chi connectivity index (χ1n) is 9.99. The zero-order valence-electron chi connectivity index (χ0n) is 17.3. The molecule has 3 atom stereocenters. The average Bonchev–Trinajstić information content (AvgIpc) is 2.71. The molecule has 1 N–H and O–H groups in total. The van der Waals surface area contributed by atoms with Crippen LogP contribution in [0.1, 0.15) is 13.3 Å². The van der Waals surface area contributed by atoms with Gasteiger partial charge in [0.25, 0.3) is 10.1 Å². The summed E-state index contributed by atoms with van der Waals surface area (Å²) in [4.78, 5) is 5.88. The number of fused-ring (bicyclic) bond motifs is 2. The number of anilines is 2. The van der Waals surface area contributed by atoms with Gasteiger partial charge in [-0.1, -0.05) is 30.3 Å². The number of ether oxygens (including phenoxy) is 1. The maximum Gasteiger partial charge on any atom is 0.271 e. The Kier molecular flexibility index (Phi) is 5.48. The zero-order valence-corrected chi connectivity index (χ0v) is 18.2. The summed E-state index contributed by atoms with van der Waals surface area (Å²) >= 11 is 0. The molecule has 0 aliphatic carbocycles. The molecule has 0 saturated carbocycles. The standard InChI is InChI=1S/C22H27N3O4S/c1-16-12-14-23(2)22(24(16)3)21(30(26,27)28)13-15-25-17-8-4-6-10-19(17)29-20-11-7-5-9-18(20)25/h4-12,14,16,21-22H,13,15H2,1-3H3,(H,26,27,28). The van der Waals surface area contributed by atoms with Crippen LogP contribution in [0.2, 0.25) is 0 Å². The summed E-state index contributed by atoms with van der Waals surface area (Å²) in [6, 6.07) is 15.4. The van der Waals surface area contributed by atoms with Crippen LogP contribution in [-0.4, -0.2) is 60.9 Å². The van der Waals surface area contributed by atoms with E-state index in [1.54, 1.807) is 0 Å². The van der Waals surface area contributed by atoms with Gasteiger partial charge in [0.2, 0.25) is 0 Å². The van der Waals surface area contributed by atoms with E-state index in [0.29, 0.717) is 6.54 Å². The molecule has 0 fully saturated rings. The third-order valence-electron chi connectivity index (χ3n) is 5.96. The van der Waals surface area contributed by atoms with E-state index in [9.17, 15) is 13.0 Å². The van der Waals surface area contributed by atoms with Crippen LogP contribution in [0.3, 0.4) is 0 Å². The fraction of sp³-hybridized carbons (Fsp3) is 0.364. The highest BCUT2D eigenvalue weighted by Gasteiger charge is 2.40. The topological polar surface area (TPSA) is 73.3 Å². The first kappa shape index (κ1) is 20.7. The van der Waals surface area contributed by atoms with Gasteiger partial charge in [0.05, 0.1) is 11.4 Å². The maximum absolute atomic E-state index is 12.4. The summed E-state index contributed by atoms with van der Waals surface area (Å²) < 4.78 is 41.0. The van der Waals surface area contributed by atoms with Crippen LogP contribution in [0, 0.1) is 0 Å². The molecular formula is C22H27N3O4S. The molecule has 0 aromatic heterocycles. The van der Waals surface area contributed by atoms with Crippen LogP contribution >= 0.6 is 0 Å². The molecule has 7 nitrogen and oxygen atoms in total. The second-order valence-electron chi connectivity index (χ2n) is 7.86. The van der Waals surface area contributed by atoms with Gasteiger partial charge in [-0.05, 0) is 50.9 Å². The first-order chi connectivity index (χ1) is 14.3. The number of nitrogens with zero attached hydrogens (tertiary/aromatic N) is 3. The molecule has 0 saturated heterocycles. The van der Waals surface area contributed by atoms with E-state index in [1.165, 1.54) is 0 Å². The minimum absolute atomic E-state index is 0.0697. The number of hydrogen-bond acceptors (Lipinski definition) is 6. The van der Waals surface area contributed by atoms with Crippen molar-refractivity contribution in [2.45, 2.75) is 30.8 Å². The van der Waals surface area contributed by atoms with Gasteiger partial charge in [0, 0.05) is 19.6 Å². The zero-order chi connectivity index (χ0) is 21.5. The third kappa shape index (κ3) is 3.78. The lowest BCUT2D eigenvalue weighted by molar-refractivity contribution is 0.0770. The molecule has 0 bridgehead atoms. The Morgan fingerprint density at radius 3 is 2.17 bits per heavy atom. The first-order valence-corrected chi connectivity index (χ1v) is 11.5. The van der Waals surface area contributed by atoms with E-state index in [-0.39, 0.29) is 12.5 Å². The predicted octanol–water partition coefficient (Wildman–Crippen LogP) is 3.68. The van der Waals surface area contributed by atoms with E-state index >= 15 is 0 Å². The lowest BCUT2D eigenvalue weighted by atomic mass is 10.1. The minimum atomic E-state index is -4.28. The Hall–Kier alpha value is -2.55. The van der Waals surface area contributed by atoms with Gasteiger partial charge in [-0.15, -0.1) is 0 Å². The lowest BCUT2D eigenvalue weighted by Gasteiger charge is -2.44. The van der Waals surface area contributed by atoms with E-state index in [2.05, 4.69) is 4.90 Å². The van der Waals surface area contributed by atoms with Gasteiger partial charge in [-0.25, -0.2) is 0 Å². The summed E-state index contributed by atoms with van der Waals surface area (Å²) in [5.41, 5.74) is 1.76. The quantitative estimate of drug-likeness (QED) is 0.727. The summed E-state index contributed by atoms with van der Waals surface area (Å²) in [5.74, 6) is 1.45. The minimum Gasteiger partial charge on any atom is -0.453 e. The van der Waals surface area contributed by atoms with Crippen molar-refractivity contribution in [3.8, 4) is 11.5 Å². The van der Waals surface area contributed by atoms with Crippen LogP contribution in [0.5, 0.6) is 11.5 Å². The van der Waals surface area contributed by atoms with Crippen molar-refractivity contribution in [2.75, 3.05) is 25.5 Å². The Balaban J connectivity index is 1.66. The largest absolute Gasteiger partial charge is 0.453 e. The predicted molar refractivity (Wildman–Crippen MR) is 118 cm³/mol. The maximum atomic E-state index is 12.4. The molecule has 2 heterocycles. The Morgan fingerprint density at radius 2 is 1.60 bits per heavy atom. The van der Waals surface area contributed by atoms with E-state index in [4.69, 9.17) is 4.74 Å². The van der Waals surface area contributed by atoms with Gasteiger partial charge < -0.3 is 14.5 Å². The Labute approximate surface area is 177 Å². The average molecular weight is 430 g/mol. The summed E-state index contributed by atoms with van der Waals surface area (Å²) in [6.07, 6.45) is 3.67. The third-order valence-corrected chi connectivity index (χ3v) is 7.21. The molecular weight excluding hydrogens is 402 g/mol. The second kappa shape index (κ2) is 7.94. The molecule has 30 heavy (non-hydrogen) atoms. The molecule has 0 amide bonds. The van der Waals surface area contributed by atoms with Crippen LogP contribution in [0.15, 0.2) is 60.8 Å². The molecule has 4 rings (SSSR count). The number of benzene rings is 2. The highest BCUT2D eigenvalue weighted by Crippen LogP contribution is 2.46. The molecule has 0 spiro atoms. The van der Waals surface area contributed by atoms with Gasteiger partial charge >= 0.3 is 0 Å². The van der Waals surface area contributed by atoms with Crippen molar-refractivity contribution in [2.24, 2.45) is 0 Å². The fourth-order valence-electron chi connectivity index (χ4n) is 4.27. The van der Waals surface area contributed by atoms with Crippen molar-refractivity contribution in [3.05, 3.63) is 60.8 Å². The summed E-state index contributed by atoms with van der Waals surface area (Å²) in [6.45, 7) is 2.42. The van der Waals surface area contributed by atoms with Gasteiger partial charge in [-0.2, -0.15) is 8.42 Å². The van der Waals surface area contributed by atoms with E-state index in [1.807, 2.05) is 91.6 Å². The molecule has 2 aromatic rings. The smallest absolute Gasteiger partial charge is 0.271 e. The van der Waals surface area contributed by atoms with Crippen LogP contribution in [0.4, 0.5) is 11.4 Å². The molecule has 3 unspecified atom stereocenters. The van der Waals surface area contributed by atoms with Crippen molar-refractivity contribution < 1.29 is 17.7 Å². The number of likely N-dealkylation sites (N-methyl/N-ethyl adjacent to an activating group) is 1. The molecule has 0 radical (unpaired) electrons. The van der Waals surface area contributed by atoms with Crippen molar-refractivity contribution >= 4 is 21.5 Å². The van der Waals surface area contributed by atoms with Crippen LogP contribution in [-0.2, 0) is 10.1 Å². The molecule has 160 valence electrons. The molecule has 2 aromatic carbocycles. The highest BCUT2D eigenvalue weighted by atomic mass is 32.2. The number of hydrogen-bond donors (Lipinski definition) is 1. The number of para-hydroxylation sites is 4. The SMILES string of the molecule is CC1C=CN(C)C(C(CCN2c3ccccc3Oc3ccccc32)S(=O)(=O)O)N1C. The summed E-state index contributed by atoms with van der Waals surface area (Å²) in [5, 5.41) is -0.970. The summed E-state index contributed by atoms with van der Waals surface area (Å²) in [7, 11) is -0.568. The lowest BCUT2D eigenvalue weighted by Crippen LogP contribution is -2.57. The van der Waals surface area contributed by atoms with Crippen molar-refractivity contribution in [3.63, 3.8) is 0 Å². The van der Waals surface area contributed by atoms with E-state index < -0.39 is 21.5 Å².